The molecular formula is C17H33N3. The van der Waals surface area contributed by atoms with Crippen LogP contribution in [0.5, 0.6) is 0 Å². The largest absolute Gasteiger partial charge is 0.303 e. The van der Waals surface area contributed by atoms with Crippen molar-refractivity contribution in [2.45, 2.75) is 71.9 Å². The second-order valence-corrected chi connectivity index (χ2v) is 7.24. The highest BCUT2D eigenvalue weighted by Crippen LogP contribution is 2.23. The van der Waals surface area contributed by atoms with E-state index in [0.29, 0.717) is 6.04 Å². The molecule has 0 amide bonds. The van der Waals surface area contributed by atoms with Gasteiger partial charge in [0.25, 0.3) is 0 Å². The molecule has 3 nitrogen and oxygen atoms in total. The van der Waals surface area contributed by atoms with Crippen molar-refractivity contribution in [2.24, 2.45) is 11.8 Å². The standard InChI is InChI=1S/C17H33N3/c1-14(2)19-17(5,13-18)9-6-7-10-20-11-8-15(3)16(4)12-20/h14-16,19H,6-12H2,1-5H3. The number of hydrogen-bond acceptors (Lipinski definition) is 3. The van der Waals surface area contributed by atoms with E-state index >= 15 is 0 Å². The number of nitrogens with one attached hydrogen (secondary N) is 1. The van der Waals surface area contributed by atoms with Gasteiger partial charge in [-0.2, -0.15) is 5.26 Å². The van der Waals surface area contributed by atoms with Crippen molar-refractivity contribution in [3.8, 4) is 6.07 Å². The highest BCUT2D eigenvalue weighted by atomic mass is 15.1. The van der Waals surface area contributed by atoms with Crippen LogP contribution in [0.4, 0.5) is 0 Å². The Morgan fingerprint density at radius 2 is 2.00 bits per heavy atom. The molecule has 1 aliphatic rings. The van der Waals surface area contributed by atoms with Crippen LogP contribution in [0.15, 0.2) is 0 Å². The predicted molar refractivity (Wildman–Crippen MR) is 85.5 cm³/mol. The first-order valence-corrected chi connectivity index (χ1v) is 8.27. The predicted octanol–water partition coefficient (Wildman–Crippen LogP) is 3.41. The average Bonchev–Trinajstić information content (AvgIpc) is 2.38. The van der Waals surface area contributed by atoms with Gasteiger partial charge < -0.3 is 4.90 Å². The summed E-state index contributed by atoms with van der Waals surface area (Å²) in [4.78, 5) is 2.60. The molecule has 20 heavy (non-hydrogen) atoms. The second kappa shape index (κ2) is 8.00. The number of unbranched alkanes of at least 4 members (excludes halogenated alkanes) is 1. The molecular weight excluding hydrogens is 246 g/mol. The molecule has 1 heterocycles. The summed E-state index contributed by atoms with van der Waals surface area (Å²) in [5, 5.41) is 12.7. The van der Waals surface area contributed by atoms with Crippen molar-refractivity contribution in [2.75, 3.05) is 19.6 Å². The minimum absolute atomic E-state index is 0.363. The molecule has 1 fully saturated rings. The zero-order chi connectivity index (χ0) is 15.2. The third-order valence-electron chi connectivity index (χ3n) is 4.67. The lowest BCUT2D eigenvalue weighted by atomic mass is 9.88. The molecule has 0 saturated carbocycles. The van der Waals surface area contributed by atoms with Crippen molar-refractivity contribution in [1.82, 2.24) is 10.2 Å². The average molecular weight is 279 g/mol. The van der Waals surface area contributed by atoms with Crippen LogP contribution in [-0.4, -0.2) is 36.1 Å². The quantitative estimate of drug-likeness (QED) is 0.726. The molecule has 0 radical (unpaired) electrons. The van der Waals surface area contributed by atoms with Crippen molar-refractivity contribution in [1.29, 1.82) is 5.26 Å². The highest BCUT2D eigenvalue weighted by molar-refractivity contribution is 5.04. The van der Waals surface area contributed by atoms with Gasteiger partial charge in [0.15, 0.2) is 0 Å². The fourth-order valence-electron chi connectivity index (χ4n) is 3.16. The SMILES string of the molecule is CC(C)NC(C)(C#N)CCCCN1CCC(C)C(C)C1. The van der Waals surface area contributed by atoms with E-state index in [-0.39, 0.29) is 5.54 Å². The second-order valence-electron chi connectivity index (χ2n) is 7.24. The minimum Gasteiger partial charge on any atom is -0.303 e. The summed E-state index contributed by atoms with van der Waals surface area (Å²) >= 11 is 0. The van der Waals surface area contributed by atoms with E-state index in [1.54, 1.807) is 0 Å². The van der Waals surface area contributed by atoms with Crippen molar-refractivity contribution >= 4 is 0 Å². The normalized spacial score (nSPS) is 27.2. The molecule has 0 aromatic carbocycles. The molecule has 3 atom stereocenters. The summed E-state index contributed by atoms with van der Waals surface area (Å²) in [6.07, 6.45) is 4.62. The van der Waals surface area contributed by atoms with E-state index in [2.05, 4.69) is 44.0 Å². The van der Waals surface area contributed by atoms with Crippen molar-refractivity contribution in [3.05, 3.63) is 0 Å². The van der Waals surface area contributed by atoms with E-state index in [1.165, 1.54) is 32.5 Å². The smallest absolute Gasteiger partial charge is 0.104 e. The Morgan fingerprint density at radius 1 is 1.30 bits per heavy atom. The lowest BCUT2D eigenvalue weighted by Gasteiger charge is -2.35. The zero-order valence-electron chi connectivity index (χ0n) is 14.1. The molecule has 1 rings (SSSR count). The lowest BCUT2D eigenvalue weighted by molar-refractivity contribution is 0.135. The Hall–Kier alpha value is -0.590. The van der Waals surface area contributed by atoms with Crippen LogP contribution in [0.2, 0.25) is 0 Å². The Balaban J connectivity index is 2.23. The van der Waals surface area contributed by atoms with Gasteiger partial charge in [-0.1, -0.05) is 13.8 Å². The monoisotopic (exact) mass is 279 g/mol. The molecule has 1 saturated heterocycles. The molecule has 3 unspecified atom stereocenters. The molecule has 1 N–H and O–H groups in total. The number of likely N-dealkylation sites (tertiary alicyclic amines) is 1. The summed E-state index contributed by atoms with van der Waals surface area (Å²) < 4.78 is 0. The van der Waals surface area contributed by atoms with Crippen molar-refractivity contribution in [3.63, 3.8) is 0 Å². The van der Waals surface area contributed by atoms with Crippen LogP contribution in [0.25, 0.3) is 0 Å². The van der Waals surface area contributed by atoms with Gasteiger partial charge in [-0.3, -0.25) is 5.32 Å². The third kappa shape index (κ3) is 5.81. The molecule has 0 bridgehead atoms. The molecule has 0 spiro atoms. The Labute approximate surface area is 125 Å². The van der Waals surface area contributed by atoms with Crippen molar-refractivity contribution < 1.29 is 0 Å². The summed E-state index contributed by atoms with van der Waals surface area (Å²) in [5.74, 6) is 1.71. The number of piperidine rings is 1. The fraction of sp³-hybridized carbons (Fsp3) is 0.941. The van der Waals surface area contributed by atoms with Crippen LogP contribution in [0, 0.1) is 23.2 Å². The molecule has 116 valence electrons. The summed E-state index contributed by atoms with van der Waals surface area (Å²) in [6.45, 7) is 14.7. The third-order valence-corrected chi connectivity index (χ3v) is 4.67. The van der Waals surface area contributed by atoms with Crippen LogP contribution < -0.4 is 5.32 Å². The molecule has 1 aliphatic heterocycles. The van der Waals surface area contributed by atoms with Gasteiger partial charge in [0.2, 0.25) is 0 Å². The van der Waals surface area contributed by atoms with Gasteiger partial charge in [0.05, 0.1) is 6.07 Å². The number of rotatable bonds is 7. The lowest BCUT2D eigenvalue weighted by Crippen LogP contribution is -2.45. The van der Waals surface area contributed by atoms with Crippen LogP contribution >= 0.6 is 0 Å². The van der Waals surface area contributed by atoms with Crippen LogP contribution in [-0.2, 0) is 0 Å². The summed E-state index contributed by atoms with van der Waals surface area (Å²) in [7, 11) is 0. The summed E-state index contributed by atoms with van der Waals surface area (Å²) in [5.41, 5.74) is -0.363. The van der Waals surface area contributed by atoms with E-state index in [1.807, 2.05) is 6.92 Å². The first-order chi connectivity index (χ1) is 9.36. The number of hydrogen-bond donors (Lipinski definition) is 1. The first-order valence-electron chi connectivity index (χ1n) is 8.27. The van der Waals surface area contributed by atoms with Gasteiger partial charge in [0.1, 0.15) is 5.54 Å². The Morgan fingerprint density at radius 3 is 2.55 bits per heavy atom. The van der Waals surface area contributed by atoms with E-state index < -0.39 is 0 Å². The maximum Gasteiger partial charge on any atom is 0.104 e. The molecule has 3 heteroatoms. The Kier molecular flexibility index (Phi) is 6.99. The van der Waals surface area contributed by atoms with E-state index in [0.717, 1.165) is 24.7 Å². The van der Waals surface area contributed by atoms with Gasteiger partial charge >= 0.3 is 0 Å². The van der Waals surface area contributed by atoms with Gasteiger partial charge in [-0.25, -0.2) is 0 Å². The Bertz CT molecular complexity index is 321. The van der Waals surface area contributed by atoms with E-state index in [9.17, 15) is 5.26 Å². The molecule has 0 aromatic heterocycles. The topological polar surface area (TPSA) is 39.1 Å². The highest BCUT2D eigenvalue weighted by Gasteiger charge is 2.25. The van der Waals surface area contributed by atoms with Crippen LogP contribution in [0.3, 0.4) is 0 Å². The van der Waals surface area contributed by atoms with Gasteiger partial charge in [0, 0.05) is 12.6 Å². The number of nitriles is 1. The van der Waals surface area contributed by atoms with Crippen LogP contribution in [0.1, 0.15) is 60.3 Å². The molecule has 0 aliphatic carbocycles. The van der Waals surface area contributed by atoms with E-state index in [4.69, 9.17) is 0 Å². The van der Waals surface area contributed by atoms with Gasteiger partial charge in [-0.05, 0) is 71.4 Å². The zero-order valence-corrected chi connectivity index (χ0v) is 14.1. The fourth-order valence-corrected chi connectivity index (χ4v) is 3.16. The maximum atomic E-state index is 9.32. The number of nitrogens with zero attached hydrogens (tertiary/aromatic N) is 2. The molecule has 0 aromatic rings. The van der Waals surface area contributed by atoms with Gasteiger partial charge in [-0.15, -0.1) is 0 Å². The first kappa shape index (κ1) is 17.5. The summed E-state index contributed by atoms with van der Waals surface area (Å²) in [6, 6.07) is 2.80. The maximum absolute atomic E-state index is 9.32. The minimum atomic E-state index is -0.363.